The predicted octanol–water partition coefficient (Wildman–Crippen LogP) is 2.74. The third-order valence-corrected chi connectivity index (χ3v) is 5.00. The molecule has 0 heterocycles. The van der Waals surface area contributed by atoms with Crippen molar-refractivity contribution in [2.24, 2.45) is 0 Å². The summed E-state index contributed by atoms with van der Waals surface area (Å²) in [6.07, 6.45) is -0.299. The second-order valence-corrected chi connectivity index (χ2v) is 6.76. The highest BCUT2D eigenvalue weighted by Gasteiger charge is 2.29. The van der Waals surface area contributed by atoms with Crippen molar-refractivity contribution in [1.29, 1.82) is 0 Å². The van der Waals surface area contributed by atoms with Crippen molar-refractivity contribution < 1.29 is 23.9 Å². The van der Waals surface area contributed by atoms with Crippen molar-refractivity contribution in [2.75, 3.05) is 14.2 Å². The molecule has 142 valence electrons. The molecule has 27 heavy (non-hydrogen) atoms. The maximum absolute atomic E-state index is 13.0. The first-order valence-electron chi connectivity index (χ1n) is 8.26. The molecule has 0 aromatic heterocycles. The van der Waals surface area contributed by atoms with Gasteiger partial charge in [0.05, 0.1) is 20.6 Å². The van der Waals surface area contributed by atoms with E-state index in [1.165, 1.54) is 26.0 Å². The monoisotopic (exact) mass is 387 g/mol. The van der Waals surface area contributed by atoms with Crippen LogP contribution in [-0.2, 0) is 23.9 Å². The number of hydrogen-bond donors (Lipinski definition) is 1. The Morgan fingerprint density at radius 3 is 2.07 bits per heavy atom. The molecular weight excluding hydrogens is 366 g/mol. The van der Waals surface area contributed by atoms with Crippen LogP contribution in [0, 0.1) is 0 Å². The Bertz CT molecular complexity index is 766. The zero-order valence-electron chi connectivity index (χ0n) is 15.1. The summed E-state index contributed by atoms with van der Waals surface area (Å²) in [4.78, 5) is 37.4. The molecule has 6 nitrogen and oxygen atoms in total. The van der Waals surface area contributed by atoms with Crippen LogP contribution >= 0.6 is 11.8 Å². The molecule has 1 amide bonds. The average Bonchev–Trinajstić information content (AvgIpc) is 2.72. The van der Waals surface area contributed by atoms with Gasteiger partial charge in [-0.25, -0.2) is 4.79 Å². The second-order valence-electron chi connectivity index (χ2n) is 5.59. The highest BCUT2D eigenvalue weighted by Crippen LogP contribution is 2.35. The Morgan fingerprint density at radius 1 is 0.926 bits per heavy atom. The van der Waals surface area contributed by atoms with Gasteiger partial charge >= 0.3 is 11.9 Å². The molecule has 0 bridgehead atoms. The van der Waals surface area contributed by atoms with E-state index < -0.39 is 29.1 Å². The van der Waals surface area contributed by atoms with Gasteiger partial charge in [-0.2, -0.15) is 0 Å². The van der Waals surface area contributed by atoms with E-state index in [2.05, 4.69) is 10.1 Å². The standard InChI is InChI=1S/C20H21NO5S/c1-25-17(22)13-16(20(24)26-2)21-19(23)18(14-9-5-3-6-10-14)27-15-11-7-4-8-12-15/h3-12,16,18H,13H2,1-2H3,(H,21,23)/t16-,18+/m1/s1. The number of hydrogen-bond acceptors (Lipinski definition) is 6. The van der Waals surface area contributed by atoms with E-state index in [0.717, 1.165) is 10.5 Å². The van der Waals surface area contributed by atoms with Crippen molar-refractivity contribution in [3.05, 3.63) is 66.2 Å². The lowest BCUT2D eigenvalue weighted by atomic mass is 10.1. The van der Waals surface area contributed by atoms with Gasteiger partial charge in [0, 0.05) is 4.90 Å². The fourth-order valence-electron chi connectivity index (χ4n) is 2.37. The van der Waals surface area contributed by atoms with E-state index >= 15 is 0 Å². The number of nitrogens with one attached hydrogen (secondary N) is 1. The SMILES string of the molecule is COC(=O)C[C@@H](NC(=O)[C@@H](Sc1ccccc1)c1ccccc1)C(=O)OC. The smallest absolute Gasteiger partial charge is 0.328 e. The Kier molecular flexibility index (Phi) is 7.88. The van der Waals surface area contributed by atoms with Crippen molar-refractivity contribution >= 4 is 29.6 Å². The Labute approximate surface area is 162 Å². The number of carbonyl (C=O) groups excluding carboxylic acids is 3. The first-order valence-corrected chi connectivity index (χ1v) is 9.14. The zero-order valence-corrected chi connectivity index (χ0v) is 15.9. The minimum Gasteiger partial charge on any atom is -0.469 e. The lowest BCUT2D eigenvalue weighted by molar-refractivity contribution is -0.150. The highest BCUT2D eigenvalue weighted by atomic mass is 32.2. The molecule has 1 N–H and O–H groups in total. The number of carbonyl (C=O) groups is 3. The van der Waals surface area contributed by atoms with Gasteiger partial charge in [0.25, 0.3) is 0 Å². The summed E-state index contributed by atoms with van der Waals surface area (Å²) in [6.45, 7) is 0. The van der Waals surface area contributed by atoms with E-state index in [1.807, 2.05) is 60.7 Å². The summed E-state index contributed by atoms with van der Waals surface area (Å²) in [6, 6.07) is 17.6. The van der Waals surface area contributed by atoms with Crippen LogP contribution < -0.4 is 5.32 Å². The van der Waals surface area contributed by atoms with Crippen LogP contribution in [-0.4, -0.2) is 38.1 Å². The molecule has 2 aromatic rings. The van der Waals surface area contributed by atoms with Gasteiger partial charge in [0.15, 0.2) is 0 Å². The van der Waals surface area contributed by atoms with Gasteiger partial charge in [0.1, 0.15) is 11.3 Å². The van der Waals surface area contributed by atoms with Crippen molar-refractivity contribution in [2.45, 2.75) is 22.6 Å². The lowest BCUT2D eigenvalue weighted by Crippen LogP contribution is -2.44. The van der Waals surface area contributed by atoms with Crippen LogP contribution in [0.15, 0.2) is 65.6 Å². The van der Waals surface area contributed by atoms with E-state index in [-0.39, 0.29) is 6.42 Å². The van der Waals surface area contributed by atoms with E-state index in [4.69, 9.17) is 4.74 Å². The number of esters is 2. The highest BCUT2D eigenvalue weighted by molar-refractivity contribution is 8.00. The molecule has 0 aliphatic carbocycles. The first kappa shape index (κ1) is 20.5. The molecular formula is C20H21NO5S. The summed E-state index contributed by atoms with van der Waals surface area (Å²) in [7, 11) is 2.42. The van der Waals surface area contributed by atoms with Crippen LogP contribution in [0.1, 0.15) is 17.2 Å². The predicted molar refractivity (Wildman–Crippen MR) is 102 cm³/mol. The summed E-state index contributed by atoms with van der Waals surface area (Å²) < 4.78 is 9.29. The van der Waals surface area contributed by atoms with Crippen LogP contribution in [0.4, 0.5) is 0 Å². The second kappa shape index (κ2) is 10.4. The molecule has 2 rings (SSSR count). The molecule has 0 spiro atoms. The van der Waals surface area contributed by atoms with Crippen molar-refractivity contribution in [1.82, 2.24) is 5.32 Å². The van der Waals surface area contributed by atoms with Crippen LogP contribution in [0.3, 0.4) is 0 Å². The quantitative estimate of drug-likeness (QED) is 0.554. The minimum absolute atomic E-state index is 0.299. The third-order valence-electron chi connectivity index (χ3n) is 3.74. The average molecular weight is 387 g/mol. The van der Waals surface area contributed by atoms with Crippen molar-refractivity contribution in [3.63, 3.8) is 0 Å². The van der Waals surface area contributed by atoms with Gasteiger partial charge in [-0.1, -0.05) is 48.5 Å². The summed E-state index contributed by atoms with van der Waals surface area (Å²) in [5.74, 6) is -1.71. The molecule has 7 heteroatoms. The summed E-state index contributed by atoms with van der Waals surface area (Å²) >= 11 is 1.36. The number of methoxy groups -OCH3 is 2. The van der Waals surface area contributed by atoms with Gasteiger partial charge in [-0.15, -0.1) is 11.8 Å². The molecule has 2 aromatic carbocycles. The first-order chi connectivity index (χ1) is 13.0. The largest absolute Gasteiger partial charge is 0.469 e. The molecule has 0 unspecified atom stereocenters. The van der Waals surface area contributed by atoms with Crippen molar-refractivity contribution in [3.8, 4) is 0 Å². The number of rotatable bonds is 8. The summed E-state index contributed by atoms with van der Waals surface area (Å²) in [5, 5.41) is 2.02. The van der Waals surface area contributed by atoms with Gasteiger partial charge < -0.3 is 14.8 Å². The lowest BCUT2D eigenvalue weighted by Gasteiger charge is -2.21. The number of thioether (sulfide) groups is 1. The molecule has 2 atom stereocenters. The number of ether oxygens (including phenoxy) is 2. The zero-order chi connectivity index (χ0) is 19.6. The van der Waals surface area contributed by atoms with Gasteiger partial charge in [-0.05, 0) is 17.7 Å². The topological polar surface area (TPSA) is 81.7 Å². The van der Waals surface area contributed by atoms with Gasteiger partial charge in [0.2, 0.25) is 5.91 Å². The maximum Gasteiger partial charge on any atom is 0.328 e. The number of amides is 1. The molecule has 0 fully saturated rings. The van der Waals surface area contributed by atoms with Gasteiger partial charge in [-0.3, -0.25) is 9.59 Å². The molecule has 0 aliphatic heterocycles. The fourth-order valence-corrected chi connectivity index (χ4v) is 3.42. The fraction of sp³-hybridized carbons (Fsp3) is 0.250. The Hall–Kier alpha value is -2.80. The van der Waals surface area contributed by atoms with E-state index in [0.29, 0.717) is 0 Å². The number of benzene rings is 2. The van der Waals surface area contributed by atoms with Crippen LogP contribution in [0.2, 0.25) is 0 Å². The normalized spacial score (nSPS) is 12.5. The van der Waals surface area contributed by atoms with E-state index in [9.17, 15) is 14.4 Å². The maximum atomic E-state index is 13.0. The third kappa shape index (κ3) is 6.14. The molecule has 0 saturated heterocycles. The summed E-state index contributed by atoms with van der Waals surface area (Å²) in [5.41, 5.74) is 0.783. The molecule has 0 radical (unpaired) electrons. The van der Waals surface area contributed by atoms with Crippen LogP contribution in [0.5, 0.6) is 0 Å². The molecule has 0 aliphatic rings. The Balaban J connectivity index is 2.23. The molecule has 0 saturated carbocycles. The van der Waals surface area contributed by atoms with Crippen LogP contribution in [0.25, 0.3) is 0 Å². The van der Waals surface area contributed by atoms with E-state index in [1.54, 1.807) is 0 Å². The minimum atomic E-state index is -1.11. The Morgan fingerprint density at radius 2 is 1.52 bits per heavy atom.